The van der Waals surface area contributed by atoms with Crippen LogP contribution in [0.2, 0.25) is 0 Å². The van der Waals surface area contributed by atoms with E-state index in [-0.39, 0.29) is 34.9 Å². The molecule has 0 aliphatic carbocycles. The molecule has 0 saturated carbocycles. The van der Waals surface area contributed by atoms with E-state index in [4.69, 9.17) is 38.7 Å². The molecule has 0 atom stereocenters. The van der Waals surface area contributed by atoms with Gasteiger partial charge in [-0.15, -0.1) is 0 Å². The molecule has 3 aromatic rings. The molecule has 0 aliphatic rings. The molecule has 0 bridgehead atoms. The minimum atomic E-state index is -0.786. The van der Waals surface area contributed by atoms with Gasteiger partial charge >= 0.3 is 58.2 Å². The number of aliphatic carboxylic acids is 1. The van der Waals surface area contributed by atoms with E-state index in [0.29, 0.717) is 13.0 Å². The van der Waals surface area contributed by atoms with Crippen molar-refractivity contribution < 1.29 is 45.1 Å². The summed E-state index contributed by atoms with van der Waals surface area (Å²) in [5.74, 6) is -0.949. The van der Waals surface area contributed by atoms with E-state index < -0.39 is 5.97 Å². The number of hydrogen-bond donors (Lipinski definition) is 2. The Morgan fingerprint density at radius 2 is 1.14 bits per heavy atom. The zero-order valence-corrected chi connectivity index (χ0v) is 24.2. The van der Waals surface area contributed by atoms with Crippen molar-refractivity contribution in [3.05, 3.63) is 114 Å². The maximum absolute atomic E-state index is 11.0. The number of esters is 1. The number of carbonyl (C=O) groups excluding carboxylic acids is 1. The summed E-state index contributed by atoms with van der Waals surface area (Å²) < 4.78 is 12.3. The summed E-state index contributed by atoms with van der Waals surface area (Å²) in [6.07, 6.45) is 0.482. The molecule has 9 heteroatoms. The molecule has 0 spiro atoms. The van der Waals surface area contributed by atoms with Crippen LogP contribution in [-0.2, 0) is 47.8 Å². The monoisotopic (exact) mass is 642 g/mol. The van der Waals surface area contributed by atoms with Gasteiger partial charge in [-0.1, -0.05) is 96.6 Å². The Morgan fingerprint density at radius 3 is 1.41 bits per heavy atom. The number of ether oxygens (including phenoxy) is 1. The van der Waals surface area contributed by atoms with Gasteiger partial charge in [0.1, 0.15) is 0 Å². The van der Waals surface area contributed by atoms with Crippen LogP contribution in [0, 0.1) is 13.6 Å². The summed E-state index contributed by atoms with van der Waals surface area (Å²) in [6.45, 7) is 10.8. The topological polar surface area (TPSA) is 104 Å². The second-order valence-corrected chi connectivity index (χ2v) is 8.90. The van der Waals surface area contributed by atoms with E-state index in [9.17, 15) is 9.59 Å². The van der Waals surface area contributed by atoms with Crippen molar-refractivity contribution in [3.63, 3.8) is 0 Å². The minimum absolute atomic E-state index is 0.106. The van der Waals surface area contributed by atoms with E-state index in [1.165, 1.54) is 5.56 Å². The van der Waals surface area contributed by atoms with Crippen molar-refractivity contribution in [1.29, 1.82) is 0 Å². The first-order chi connectivity index (χ1) is 17.8. The molecule has 0 saturated heterocycles. The Morgan fingerprint density at radius 1 is 0.811 bits per heavy atom. The molecular weight excluding hydrogens is 610 g/mol. The van der Waals surface area contributed by atoms with Crippen LogP contribution in [0.25, 0.3) is 0 Å². The number of aliphatic hydroxyl groups is 1. The summed E-state index contributed by atoms with van der Waals surface area (Å²) in [7, 11) is 9.63. The Hall–Kier alpha value is -2.46. The molecule has 0 unspecified atom stereocenters. The van der Waals surface area contributed by atoms with Crippen LogP contribution in [-0.4, -0.2) is 35.4 Å². The predicted octanol–water partition coefficient (Wildman–Crippen LogP) is 6.44. The fourth-order valence-electron chi connectivity index (χ4n) is 2.28. The average Bonchev–Trinajstić information content (AvgIpc) is 2.88. The van der Waals surface area contributed by atoms with E-state index in [1.54, 1.807) is 19.1 Å². The zero-order chi connectivity index (χ0) is 28.7. The normalized spacial score (nSPS) is 8.32. The first-order valence-corrected chi connectivity index (χ1v) is 14.9. The number of rotatable bonds is 5. The summed E-state index contributed by atoms with van der Waals surface area (Å²) in [5.41, 5.74) is 3.16. The van der Waals surface area contributed by atoms with Gasteiger partial charge in [0.2, 0.25) is 0 Å². The van der Waals surface area contributed by atoms with Crippen LogP contribution in [0.3, 0.4) is 0 Å². The van der Waals surface area contributed by atoms with Gasteiger partial charge in [0.15, 0.2) is 0 Å². The number of carbonyl (C=O) groups is 2. The Balaban J connectivity index is -0.000000418. The van der Waals surface area contributed by atoms with Gasteiger partial charge in [-0.2, -0.15) is 0 Å². The van der Waals surface area contributed by atoms with Crippen LogP contribution >= 0.6 is 19.1 Å². The Labute approximate surface area is 236 Å². The van der Waals surface area contributed by atoms with Crippen LogP contribution in [0.15, 0.2) is 91.0 Å². The van der Waals surface area contributed by atoms with Crippen LogP contribution in [0.4, 0.5) is 0 Å². The van der Waals surface area contributed by atoms with Crippen molar-refractivity contribution in [3.8, 4) is 0 Å². The second-order valence-electron chi connectivity index (χ2n) is 6.54. The average molecular weight is 644 g/mol. The van der Waals surface area contributed by atoms with Crippen LogP contribution < -0.4 is 0 Å². The molecule has 0 amide bonds. The predicted molar refractivity (Wildman–Crippen MR) is 144 cm³/mol. The number of aliphatic hydroxyl groups excluding tert-OH is 1. The van der Waals surface area contributed by atoms with Gasteiger partial charge in [-0.25, -0.2) is 0 Å². The van der Waals surface area contributed by atoms with Gasteiger partial charge in [-0.3, -0.25) is 9.59 Å². The van der Waals surface area contributed by atoms with E-state index in [0.717, 1.165) is 11.1 Å². The van der Waals surface area contributed by atoms with Crippen molar-refractivity contribution in [2.45, 2.75) is 33.6 Å². The first-order valence-electron chi connectivity index (χ1n) is 10.9. The third kappa shape index (κ3) is 31.5. The molecular formula is C28H34Cl2O6Pd. The van der Waals surface area contributed by atoms with Gasteiger partial charge in [0.05, 0.1) is 19.4 Å². The van der Waals surface area contributed by atoms with Crippen LogP contribution in [0.5, 0.6) is 0 Å². The summed E-state index contributed by atoms with van der Waals surface area (Å²) in [6, 6.07) is 29.0. The molecule has 6 nitrogen and oxygen atoms in total. The molecule has 37 heavy (non-hydrogen) atoms. The molecule has 0 radical (unpaired) electrons. The Bertz CT molecular complexity index is 909. The summed E-state index contributed by atoms with van der Waals surface area (Å²) in [5, 5.41) is 15.9. The first kappa shape index (κ1) is 39.1. The Kier molecular flexibility index (Phi) is 33.3. The summed E-state index contributed by atoms with van der Waals surface area (Å²) in [4.78, 5) is 21.2. The van der Waals surface area contributed by atoms with E-state index in [1.807, 2.05) is 73.7 Å². The van der Waals surface area contributed by atoms with Crippen LogP contribution in [0.1, 0.15) is 30.5 Å². The van der Waals surface area contributed by atoms with Gasteiger partial charge in [0, 0.05) is 6.61 Å². The number of halogens is 2. The molecule has 2 N–H and O–H groups in total. The number of aryl methyl sites for hydroxylation is 1. The fourth-order valence-corrected chi connectivity index (χ4v) is 2.28. The number of benzene rings is 3. The van der Waals surface area contributed by atoms with Crippen molar-refractivity contribution in [2.24, 2.45) is 0 Å². The summed E-state index contributed by atoms with van der Waals surface area (Å²) >= 11 is -0.106. The standard InChI is InChI=1S/C10H12O2.C8H8O2.C7H8.C2H6O.CO.2ClH.Pd/c1-2-12-10(11)8-9-6-4-3-5-7-9;9-8(10)6-7-4-2-1-3-5-7;1-7-5-3-2-4-6-7;1-2-3;1-2;;;/h3-7H,2,8H2,1H3;1-5H,6H2,(H,9,10);2-6H,1H3;3H,2H2,1H3;;2*1H;/q;;;;;;;+2/p-2. The van der Waals surface area contributed by atoms with Crippen molar-refractivity contribution >= 4 is 31.0 Å². The molecule has 3 aromatic carbocycles. The number of carboxylic acid groups (broad SMARTS) is 1. The van der Waals surface area contributed by atoms with Crippen molar-refractivity contribution in [2.75, 3.05) is 13.2 Å². The quantitative estimate of drug-likeness (QED) is 0.144. The van der Waals surface area contributed by atoms with E-state index >= 15 is 0 Å². The molecule has 0 heterocycles. The SMILES string of the molecule is CCO.CCOC(=O)Cc1ccccc1.Cc1ccccc1.O=C(O)Cc1ccccc1.[C-]#[O+].[Cl][Pd][Cl]. The van der Waals surface area contributed by atoms with Gasteiger partial charge in [-0.05, 0) is 31.9 Å². The number of hydrogen-bond acceptors (Lipinski definition) is 4. The van der Waals surface area contributed by atoms with Gasteiger partial charge in [0.25, 0.3) is 0 Å². The molecule has 206 valence electrons. The zero-order valence-electron chi connectivity index (χ0n) is 21.1. The fraction of sp³-hybridized carbons (Fsp3) is 0.250. The molecule has 0 aliphatic heterocycles. The molecule has 0 fully saturated rings. The third-order valence-corrected chi connectivity index (χ3v) is 3.64. The second kappa shape index (κ2) is 31.6. The third-order valence-electron chi connectivity index (χ3n) is 3.64. The maximum atomic E-state index is 11.0. The molecule has 3 rings (SSSR count). The van der Waals surface area contributed by atoms with E-state index in [2.05, 4.69) is 25.7 Å². The van der Waals surface area contributed by atoms with Gasteiger partial charge < -0.3 is 14.9 Å². The van der Waals surface area contributed by atoms with Crippen molar-refractivity contribution in [1.82, 2.24) is 0 Å². The molecule has 0 aromatic heterocycles. The number of carboxylic acids is 1.